The minimum Gasteiger partial charge on any atom is -0.366 e. The number of rotatable bonds is 7. The summed E-state index contributed by atoms with van der Waals surface area (Å²) in [5.41, 5.74) is 9.15. The minimum atomic E-state index is -0.511. The molecule has 4 aromatic rings. The van der Waals surface area contributed by atoms with E-state index in [0.29, 0.717) is 5.56 Å². The Morgan fingerprint density at radius 3 is 2.60 bits per heavy atom. The molecule has 154 valence electrons. The van der Waals surface area contributed by atoms with Crippen LogP contribution in [0.5, 0.6) is 0 Å². The molecular weight excluding hydrogens is 382 g/mol. The lowest BCUT2D eigenvalue weighted by molar-refractivity contribution is 0.100. The molecule has 1 heterocycles. The summed E-state index contributed by atoms with van der Waals surface area (Å²) in [5.74, 6) is -1.45. The van der Waals surface area contributed by atoms with Crippen molar-refractivity contribution in [1.29, 1.82) is 0 Å². The zero-order chi connectivity index (χ0) is 21.3. The lowest BCUT2D eigenvalue weighted by atomic mass is 10.0. The van der Waals surface area contributed by atoms with Gasteiger partial charge in [0.2, 0.25) is 5.91 Å². The van der Waals surface area contributed by atoms with Crippen LogP contribution in [-0.4, -0.2) is 10.5 Å². The number of hydrogen-bond acceptors (Lipinski definition) is 1. The van der Waals surface area contributed by atoms with Crippen LogP contribution in [-0.2, 0) is 13.0 Å². The second-order valence-electron chi connectivity index (χ2n) is 7.69. The fourth-order valence-corrected chi connectivity index (χ4v) is 4.13. The molecule has 0 bridgehead atoms. The molecule has 5 heteroatoms. The predicted octanol–water partition coefficient (Wildman–Crippen LogP) is 5.95. The van der Waals surface area contributed by atoms with Gasteiger partial charge in [0.05, 0.1) is 12.1 Å². The van der Waals surface area contributed by atoms with Crippen molar-refractivity contribution < 1.29 is 13.6 Å². The van der Waals surface area contributed by atoms with Crippen LogP contribution in [0.25, 0.3) is 21.8 Å². The first-order valence-corrected chi connectivity index (χ1v) is 10.3. The monoisotopic (exact) mass is 406 g/mol. The highest BCUT2D eigenvalue weighted by Crippen LogP contribution is 2.33. The summed E-state index contributed by atoms with van der Waals surface area (Å²) in [6, 6.07) is 15.0. The molecule has 0 atom stereocenters. The van der Waals surface area contributed by atoms with Gasteiger partial charge in [-0.3, -0.25) is 4.79 Å². The van der Waals surface area contributed by atoms with E-state index in [4.69, 9.17) is 5.73 Å². The third kappa shape index (κ3) is 3.67. The number of carbonyl (C=O) groups is 1. The highest BCUT2D eigenvalue weighted by atomic mass is 19.1. The van der Waals surface area contributed by atoms with E-state index in [0.717, 1.165) is 59.6 Å². The number of aryl methyl sites for hydroxylation is 1. The average Bonchev–Trinajstić information content (AvgIpc) is 3.04. The van der Waals surface area contributed by atoms with E-state index >= 15 is 0 Å². The zero-order valence-electron chi connectivity index (χ0n) is 16.9. The first-order chi connectivity index (χ1) is 14.5. The molecule has 0 radical (unpaired) electrons. The van der Waals surface area contributed by atoms with Crippen LogP contribution < -0.4 is 5.73 Å². The Morgan fingerprint density at radius 1 is 1.00 bits per heavy atom. The van der Waals surface area contributed by atoms with E-state index in [1.165, 1.54) is 11.6 Å². The molecule has 4 rings (SSSR count). The Hall–Kier alpha value is -3.21. The van der Waals surface area contributed by atoms with Crippen molar-refractivity contribution in [2.24, 2.45) is 5.73 Å². The lowest BCUT2D eigenvalue weighted by Gasteiger charge is -2.10. The highest BCUT2D eigenvalue weighted by molar-refractivity contribution is 6.18. The number of primary amides is 1. The molecule has 0 fully saturated rings. The van der Waals surface area contributed by atoms with Gasteiger partial charge in [-0.1, -0.05) is 38.0 Å². The maximum absolute atomic E-state index is 14.4. The minimum absolute atomic E-state index is 0.157. The van der Waals surface area contributed by atoms with Gasteiger partial charge >= 0.3 is 0 Å². The average molecular weight is 406 g/mol. The molecule has 0 aliphatic heterocycles. The summed E-state index contributed by atoms with van der Waals surface area (Å²) in [6.45, 7) is 2.32. The molecule has 0 spiro atoms. The molecule has 1 aromatic heterocycles. The molecule has 1 amide bonds. The molecule has 3 nitrogen and oxygen atoms in total. The van der Waals surface area contributed by atoms with Crippen molar-refractivity contribution in [3.05, 3.63) is 82.9 Å². The third-order valence-electron chi connectivity index (χ3n) is 5.63. The Bertz CT molecular complexity index is 1240. The van der Waals surface area contributed by atoms with Gasteiger partial charge in [0.15, 0.2) is 0 Å². The number of hydrogen-bond donors (Lipinski definition) is 1. The number of carbonyl (C=O) groups excluding carboxylic acids is 1. The van der Waals surface area contributed by atoms with Crippen LogP contribution in [0.4, 0.5) is 8.78 Å². The number of unbranched alkanes of at least 4 members (excludes halogenated alkanes) is 2. The lowest BCUT2D eigenvalue weighted by Crippen LogP contribution is -2.11. The van der Waals surface area contributed by atoms with Gasteiger partial charge in [-0.15, -0.1) is 0 Å². The van der Waals surface area contributed by atoms with Gasteiger partial charge in [-0.05, 0) is 54.8 Å². The van der Waals surface area contributed by atoms with Crippen LogP contribution in [0.2, 0.25) is 0 Å². The maximum Gasteiger partial charge on any atom is 0.249 e. The first kappa shape index (κ1) is 20.1. The van der Waals surface area contributed by atoms with Crippen LogP contribution in [0.15, 0.2) is 54.6 Å². The van der Waals surface area contributed by atoms with Gasteiger partial charge in [-0.2, -0.15) is 0 Å². The molecule has 0 unspecified atom stereocenters. The molecule has 2 N–H and O–H groups in total. The van der Waals surface area contributed by atoms with E-state index in [1.54, 1.807) is 12.1 Å². The van der Waals surface area contributed by atoms with Gasteiger partial charge < -0.3 is 10.3 Å². The van der Waals surface area contributed by atoms with Gasteiger partial charge in [0.1, 0.15) is 11.6 Å². The molecule has 0 aliphatic rings. The largest absolute Gasteiger partial charge is 0.366 e. The molecular formula is C25H24F2N2O. The van der Waals surface area contributed by atoms with Crippen LogP contribution in [0.1, 0.15) is 47.7 Å². The number of aromatic nitrogens is 1. The Balaban J connectivity index is 1.94. The summed E-state index contributed by atoms with van der Waals surface area (Å²) >= 11 is 0. The molecule has 3 aromatic carbocycles. The van der Waals surface area contributed by atoms with E-state index in [9.17, 15) is 13.6 Å². The SMILES string of the molecule is CCCCCc1ccc2c3c(C(N)=O)cccc3n(Cc3cc(F)ccc3F)c2c1. The summed E-state index contributed by atoms with van der Waals surface area (Å²) in [4.78, 5) is 12.1. The quantitative estimate of drug-likeness (QED) is 0.379. The zero-order valence-corrected chi connectivity index (χ0v) is 16.9. The summed E-state index contributed by atoms with van der Waals surface area (Å²) in [7, 11) is 0. The number of nitrogens with zero attached hydrogens (tertiary/aromatic N) is 1. The normalized spacial score (nSPS) is 11.4. The van der Waals surface area contributed by atoms with Crippen molar-refractivity contribution in [3.8, 4) is 0 Å². The second kappa shape index (κ2) is 8.27. The Kier molecular flexibility index (Phi) is 5.53. The fourth-order valence-electron chi connectivity index (χ4n) is 4.13. The molecule has 0 saturated heterocycles. The fraction of sp³-hybridized carbons (Fsp3) is 0.240. The van der Waals surface area contributed by atoms with Gasteiger partial charge in [0, 0.05) is 27.4 Å². The maximum atomic E-state index is 14.4. The molecule has 0 saturated carbocycles. The summed E-state index contributed by atoms with van der Waals surface area (Å²) in [6.07, 6.45) is 4.33. The Labute approximate surface area is 174 Å². The van der Waals surface area contributed by atoms with Crippen LogP contribution in [0.3, 0.4) is 0 Å². The van der Waals surface area contributed by atoms with Crippen molar-refractivity contribution >= 4 is 27.7 Å². The summed E-state index contributed by atoms with van der Waals surface area (Å²) in [5, 5.41) is 1.63. The standard InChI is InChI=1S/C25H24F2N2O/c1-2-3-4-6-16-9-11-19-23(13-16)29(15-17-14-18(26)10-12-21(17)27)22-8-5-7-20(24(19)22)25(28)30/h5,7-14H,2-4,6,15H2,1H3,(H2,28,30). The predicted molar refractivity (Wildman–Crippen MR) is 117 cm³/mol. The topological polar surface area (TPSA) is 48.0 Å². The van der Waals surface area contributed by atoms with Gasteiger partial charge in [-0.25, -0.2) is 8.78 Å². The van der Waals surface area contributed by atoms with Gasteiger partial charge in [0.25, 0.3) is 0 Å². The molecule has 30 heavy (non-hydrogen) atoms. The number of halogens is 2. The van der Waals surface area contributed by atoms with E-state index in [2.05, 4.69) is 19.1 Å². The summed E-state index contributed by atoms with van der Waals surface area (Å²) < 4.78 is 30.1. The highest BCUT2D eigenvalue weighted by Gasteiger charge is 2.18. The molecule has 0 aliphatic carbocycles. The number of amides is 1. The van der Waals surface area contributed by atoms with Crippen molar-refractivity contribution in [2.75, 3.05) is 0 Å². The van der Waals surface area contributed by atoms with E-state index in [-0.39, 0.29) is 12.1 Å². The van der Waals surface area contributed by atoms with E-state index < -0.39 is 17.5 Å². The third-order valence-corrected chi connectivity index (χ3v) is 5.63. The van der Waals surface area contributed by atoms with Crippen molar-refractivity contribution in [1.82, 2.24) is 4.57 Å². The van der Waals surface area contributed by atoms with Crippen LogP contribution in [0, 0.1) is 11.6 Å². The number of fused-ring (bicyclic) bond motifs is 3. The first-order valence-electron chi connectivity index (χ1n) is 10.3. The van der Waals surface area contributed by atoms with Crippen LogP contribution >= 0.6 is 0 Å². The number of benzene rings is 3. The number of nitrogens with two attached hydrogens (primary N) is 1. The smallest absolute Gasteiger partial charge is 0.249 e. The van der Waals surface area contributed by atoms with E-state index in [1.807, 2.05) is 16.7 Å². The Morgan fingerprint density at radius 2 is 1.83 bits per heavy atom. The second-order valence-corrected chi connectivity index (χ2v) is 7.69. The van der Waals surface area contributed by atoms with Crippen molar-refractivity contribution in [3.63, 3.8) is 0 Å². The van der Waals surface area contributed by atoms with Crippen molar-refractivity contribution in [2.45, 2.75) is 39.2 Å².